The third-order valence-electron chi connectivity index (χ3n) is 3.55. The SMILES string of the molecule is CC(C)C[C@@H](NC(=O)NCc1cccnc1)c1nc(-c2ncn[nH]2)no1. The maximum absolute atomic E-state index is 12.3. The van der Waals surface area contributed by atoms with E-state index < -0.39 is 6.04 Å². The van der Waals surface area contributed by atoms with Crippen molar-refractivity contribution < 1.29 is 9.32 Å². The van der Waals surface area contributed by atoms with Crippen LogP contribution < -0.4 is 10.6 Å². The van der Waals surface area contributed by atoms with E-state index in [9.17, 15) is 4.79 Å². The van der Waals surface area contributed by atoms with Crippen LogP contribution >= 0.6 is 0 Å². The molecule has 0 aromatic carbocycles. The second-order valence-corrected chi connectivity index (χ2v) is 6.16. The van der Waals surface area contributed by atoms with Crippen molar-refractivity contribution in [2.75, 3.05) is 0 Å². The summed E-state index contributed by atoms with van der Waals surface area (Å²) in [6.07, 6.45) is 5.40. The Morgan fingerprint density at radius 1 is 1.38 bits per heavy atom. The summed E-state index contributed by atoms with van der Waals surface area (Å²) in [4.78, 5) is 24.6. The van der Waals surface area contributed by atoms with E-state index in [2.05, 4.69) is 54.8 Å². The molecule has 1 atom stereocenters. The summed E-state index contributed by atoms with van der Waals surface area (Å²) in [5.41, 5.74) is 0.911. The van der Waals surface area contributed by atoms with Gasteiger partial charge >= 0.3 is 6.03 Å². The number of aromatic nitrogens is 6. The molecule has 0 aliphatic carbocycles. The Kier molecular flexibility index (Phi) is 5.52. The molecule has 0 aliphatic rings. The molecule has 0 unspecified atom stereocenters. The van der Waals surface area contributed by atoms with E-state index in [0.717, 1.165) is 5.56 Å². The van der Waals surface area contributed by atoms with Crippen LogP contribution in [0.1, 0.15) is 37.8 Å². The van der Waals surface area contributed by atoms with Gasteiger partial charge < -0.3 is 15.2 Å². The van der Waals surface area contributed by atoms with Crippen molar-refractivity contribution in [3.63, 3.8) is 0 Å². The first-order chi connectivity index (χ1) is 12.6. The lowest BCUT2D eigenvalue weighted by molar-refractivity contribution is 0.228. The van der Waals surface area contributed by atoms with Gasteiger partial charge in [-0.3, -0.25) is 10.1 Å². The lowest BCUT2D eigenvalue weighted by Gasteiger charge is -2.17. The molecule has 0 radical (unpaired) electrons. The van der Waals surface area contributed by atoms with Gasteiger partial charge in [0, 0.05) is 18.9 Å². The van der Waals surface area contributed by atoms with Crippen LogP contribution in [-0.4, -0.2) is 36.3 Å². The highest BCUT2D eigenvalue weighted by Gasteiger charge is 2.23. The summed E-state index contributed by atoms with van der Waals surface area (Å²) in [6, 6.07) is 2.98. The first-order valence-electron chi connectivity index (χ1n) is 8.24. The number of hydrogen-bond acceptors (Lipinski definition) is 7. The summed E-state index contributed by atoms with van der Waals surface area (Å²) in [5, 5.41) is 16.0. The maximum atomic E-state index is 12.3. The highest BCUT2D eigenvalue weighted by Crippen LogP contribution is 2.21. The molecule has 0 fully saturated rings. The van der Waals surface area contributed by atoms with Crippen molar-refractivity contribution in [3.8, 4) is 11.6 Å². The molecule has 136 valence electrons. The summed E-state index contributed by atoms with van der Waals surface area (Å²) in [5.74, 6) is 1.34. The Morgan fingerprint density at radius 2 is 2.27 bits per heavy atom. The molecule has 3 aromatic rings. The number of nitrogens with one attached hydrogen (secondary N) is 3. The molecule has 26 heavy (non-hydrogen) atoms. The van der Waals surface area contributed by atoms with Gasteiger partial charge in [-0.25, -0.2) is 9.78 Å². The molecule has 10 heteroatoms. The van der Waals surface area contributed by atoms with Gasteiger partial charge in [0.25, 0.3) is 0 Å². The number of carbonyl (C=O) groups is 1. The highest BCUT2D eigenvalue weighted by molar-refractivity contribution is 5.74. The van der Waals surface area contributed by atoms with Crippen molar-refractivity contribution in [1.82, 2.24) is 40.9 Å². The number of urea groups is 1. The van der Waals surface area contributed by atoms with Gasteiger partial charge in [0.2, 0.25) is 11.7 Å². The predicted octanol–water partition coefficient (Wildman–Crippen LogP) is 1.84. The smallest absolute Gasteiger partial charge is 0.315 e. The fourth-order valence-electron chi connectivity index (χ4n) is 2.37. The number of rotatable bonds is 7. The third kappa shape index (κ3) is 4.62. The van der Waals surface area contributed by atoms with Crippen LogP contribution in [0.5, 0.6) is 0 Å². The van der Waals surface area contributed by atoms with E-state index in [1.54, 1.807) is 12.4 Å². The molecule has 3 N–H and O–H groups in total. The monoisotopic (exact) mass is 356 g/mol. The molecule has 3 rings (SSSR count). The van der Waals surface area contributed by atoms with Gasteiger partial charge in [-0.15, -0.1) is 0 Å². The van der Waals surface area contributed by atoms with Crippen LogP contribution in [0.15, 0.2) is 35.4 Å². The fourth-order valence-corrected chi connectivity index (χ4v) is 2.37. The summed E-state index contributed by atoms with van der Waals surface area (Å²) < 4.78 is 5.31. The van der Waals surface area contributed by atoms with Gasteiger partial charge in [-0.1, -0.05) is 25.1 Å². The van der Waals surface area contributed by atoms with E-state index in [1.807, 2.05) is 12.1 Å². The minimum atomic E-state index is -0.409. The van der Waals surface area contributed by atoms with Crippen LogP contribution in [-0.2, 0) is 6.54 Å². The second-order valence-electron chi connectivity index (χ2n) is 6.16. The fraction of sp³-hybridized carbons (Fsp3) is 0.375. The molecule has 2 amide bonds. The maximum Gasteiger partial charge on any atom is 0.315 e. The summed E-state index contributed by atoms with van der Waals surface area (Å²) >= 11 is 0. The molecule has 0 spiro atoms. The molecule has 0 bridgehead atoms. The Balaban J connectivity index is 1.65. The zero-order chi connectivity index (χ0) is 18.4. The average molecular weight is 356 g/mol. The molecule has 3 aromatic heterocycles. The number of pyridine rings is 1. The van der Waals surface area contributed by atoms with E-state index in [-0.39, 0.29) is 6.03 Å². The van der Waals surface area contributed by atoms with Crippen molar-refractivity contribution >= 4 is 6.03 Å². The Bertz CT molecular complexity index is 816. The first kappa shape index (κ1) is 17.5. The van der Waals surface area contributed by atoms with Crippen LogP contribution in [0.2, 0.25) is 0 Å². The zero-order valence-electron chi connectivity index (χ0n) is 14.5. The number of amides is 2. The van der Waals surface area contributed by atoms with Crippen LogP contribution in [0.3, 0.4) is 0 Å². The molecule has 3 heterocycles. The molecule has 0 aliphatic heterocycles. The van der Waals surface area contributed by atoms with Gasteiger partial charge in [0.15, 0.2) is 5.82 Å². The summed E-state index contributed by atoms with van der Waals surface area (Å²) in [7, 11) is 0. The van der Waals surface area contributed by atoms with E-state index in [4.69, 9.17) is 4.52 Å². The second kappa shape index (κ2) is 8.19. The minimum absolute atomic E-state index is 0.295. The van der Waals surface area contributed by atoms with Crippen molar-refractivity contribution in [1.29, 1.82) is 0 Å². The molecule has 10 nitrogen and oxygen atoms in total. The van der Waals surface area contributed by atoms with E-state index in [0.29, 0.717) is 36.4 Å². The number of H-pyrrole nitrogens is 1. The van der Waals surface area contributed by atoms with E-state index >= 15 is 0 Å². The third-order valence-corrected chi connectivity index (χ3v) is 3.55. The highest BCUT2D eigenvalue weighted by atomic mass is 16.5. The Hall–Kier alpha value is -3.30. The first-order valence-corrected chi connectivity index (χ1v) is 8.24. The number of nitrogens with zero attached hydrogens (tertiary/aromatic N) is 5. The number of aromatic amines is 1. The summed E-state index contributed by atoms with van der Waals surface area (Å²) in [6.45, 7) is 4.48. The van der Waals surface area contributed by atoms with Crippen molar-refractivity contribution in [3.05, 3.63) is 42.3 Å². The minimum Gasteiger partial charge on any atom is -0.337 e. The predicted molar refractivity (Wildman–Crippen MR) is 91.5 cm³/mol. The van der Waals surface area contributed by atoms with Gasteiger partial charge in [-0.2, -0.15) is 10.1 Å². The lowest BCUT2D eigenvalue weighted by Crippen LogP contribution is -2.38. The van der Waals surface area contributed by atoms with Crippen LogP contribution in [0.25, 0.3) is 11.6 Å². The van der Waals surface area contributed by atoms with Gasteiger partial charge in [-0.05, 0) is 24.0 Å². The average Bonchev–Trinajstić information content (AvgIpc) is 3.31. The van der Waals surface area contributed by atoms with Crippen molar-refractivity contribution in [2.24, 2.45) is 5.92 Å². The molecular formula is C16H20N8O2. The standard InChI is InChI=1S/C16H20N8O2/c1-10(2)6-12(15-22-14(24-26-15)13-19-9-20-23-13)21-16(25)18-8-11-4-3-5-17-7-11/h3-5,7,9-10,12H,6,8H2,1-2H3,(H2,18,21,25)(H,19,20,23)/t12-/m1/s1. The number of carbonyl (C=O) groups excluding carboxylic acids is 1. The normalized spacial score (nSPS) is 12.1. The molecular weight excluding hydrogens is 336 g/mol. The lowest BCUT2D eigenvalue weighted by atomic mass is 10.0. The van der Waals surface area contributed by atoms with Gasteiger partial charge in [0.1, 0.15) is 12.4 Å². The van der Waals surface area contributed by atoms with E-state index in [1.165, 1.54) is 6.33 Å². The van der Waals surface area contributed by atoms with Crippen molar-refractivity contribution in [2.45, 2.75) is 32.9 Å². The largest absolute Gasteiger partial charge is 0.337 e. The molecule has 0 saturated carbocycles. The topological polar surface area (TPSA) is 135 Å². The Morgan fingerprint density at radius 3 is 2.96 bits per heavy atom. The zero-order valence-corrected chi connectivity index (χ0v) is 14.5. The number of hydrogen-bond donors (Lipinski definition) is 3. The van der Waals surface area contributed by atoms with Crippen LogP contribution in [0, 0.1) is 5.92 Å². The Labute approximate surface area is 149 Å². The van der Waals surface area contributed by atoms with Gasteiger partial charge in [0.05, 0.1) is 0 Å². The molecule has 0 saturated heterocycles. The van der Waals surface area contributed by atoms with Crippen LogP contribution in [0.4, 0.5) is 4.79 Å². The quantitative estimate of drug-likeness (QED) is 0.588.